The summed E-state index contributed by atoms with van der Waals surface area (Å²) in [5.41, 5.74) is 0. The Bertz CT molecular complexity index is 576. The summed E-state index contributed by atoms with van der Waals surface area (Å²) in [6.07, 6.45) is 0. The molecule has 1 aromatic rings. The van der Waals surface area contributed by atoms with Crippen molar-refractivity contribution in [1.29, 1.82) is 0 Å². The Hall–Kier alpha value is -0.510. The molecule has 0 radical (unpaired) electrons. The zero-order chi connectivity index (χ0) is 20.4. The molecule has 0 amide bonds. The number of nitrogens with one attached hydrogen (secondary N) is 2. The maximum Gasteiger partial charge on any atom is 0.191 e. The first-order valence-corrected chi connectivity index (χ1v) is 11.5. The quantitative estimate of drug-likeness (QED) is 0.220. The first kappa shape index (κ1) is 26.5. The Labute approximate surface area is 199 Å². The number of rotatable bonds is 9. The van der Waals surface area contributed by atoms with E-state index in [0.29, 0.717) is 17.2 Å². The van der Waals surface area contributed by atoms with E-state index >= 15 is 0 Å². The van der Waals surface area contributed by atoms with Crippen molar-refractivity contribution < 1.29 is 0 Å². The zero-order valence-corrected chi connectivity index (χ0v) is 21.9. The maximum absolute atomic E-state index is 4.94. The number of aliphatic imine (C=N–C) groups is 1. The van der Waals surface area contributed by atoms with Gasteiger partial charge in [-0.2, -0.15) is 0 Å². The van der Waals surface area contributed by atoms with E-state index in [1.165, 1.54) is 4.90 Å². The molecule has 5 nitrogen and oxygen atoms in total. The lowest BCUT2D eigenvalue weighted by molar-refractivity contribution is 0.0925. The van der Waals surface area contributed by atoms with Crippen LogP contribution < -0.4 is 10.6 Å². The summed E-state index contributed by atoms with van der Waals surface area (Å²) < 4.78 is 0. The molecule has 2 N–H and O–H groups in total. The largest absolute Gasteiger partial charge is 0.357 e. The molecule has 1 heterocycles. The van der Waals surface area contributed by atoms with Gasteiger partial charge in [0.1, 0.15) is 0 Å². The summed E-state index contributed by atoms with van der Waals surface area (Å²) in [5.74, 6) is 1.53. The van der Waals surface area contributed by atoms with Crippen molar-refractivity contribution in [2.75, 3.05) is 52.9 Å². The van der Waals surface area contributed by atoms with Gasteiger partial charge in [-0.25, -0.2) is 0 Å². The third-order valence-corrected chi connectivity index (χ3v) is 6.31. The van der Waals surface area contributed by atoms with Gasteiger partial charge >= 0.3 is 0 Å². The van der Waals surface area contributed by atoms with E-state index in [4.69, 9.17) is 4.99 Å². The number of nitrogens with zero attached hydrogens (tertiary/aromatic N) is 3. The van der Waals surface area contributed by atoms with Crippen molar-refractivity contribution in [3.8, 4) is 0 Å². The number of piperazine rings is 1. The molecule has 0 spiro atoms. The smallest absolute Gasteiger partial charge is 0.191 e. The summed E-state index contributed by atoms with van der Waals surface area (Å²) in [7, 11) is 2.21. The normalized spacial score (nSPS) is 18.2. The topological polar surface area (TPSA) is 42.9 Å². The molecule has 0 aliphatic carbocycles. The Kier molecular flexibility index (Phi) is 13.3. The number of likely N-dealkylation sites (N-methyl/N-ethyl adjacent to an activating group) is 1. The minimum Gasteiger partial charge on any atom is -0.357 e. The number of halogens is 1. The molecular weight excluding hydrogens is 493 g/mol. The lowest BCUT2D eigenvalue weighted by Gasteiger charge is -2.39. The second-order valence-corrected chi connectivity index (χ2v) is 9.50. The average Bonchev–Trinajstić information content (AvgIpc) is 2.68. The van der Waals surface area contributed by atoms with Crippen LogP contribution in [0.3, 0.4) is 0 Å². The van der Waals surface area contributed by atoms with Crippen LogP contribution in [0.2, 0.25) is 0 Å². The third-order valence-electron chi connectivity index (χ3n) is 5.19. The van der Waals surface area contributed by atoms with E-state index in [-0.39, 0.29) is 24.0 Å². The summed E-state index contributed by atoms with van der Waals surface area (Å²) in [5, 5.41) is 7.42. The highest BCUT2D eigenvalue weighted by Gasteiger charge is 2.24. The molecule has 1 fully saturated rings. The average molecular weight is 534 g/mol. The SMILES string of the molecule is CCNC(=NCC(C(C)C)N1CCN(C)CC1)NCC(C)Sc1ccccc1.I. The second-order valence-electron chi connectivity index (χ2n) is 7.99. The number of guanidine groups is 1. The maximum atomic E-state index is 4.94. The van der Waals surface area contributed by atoms with Gasteiger partial charge in [-0.15, -0.1) is 35.7 Å². The minimum absolute atomic E-state index is 0. The number of hydrogen-bond donors (Lipinski definition) is 2. The van der Waals surface area contributed by atoms with Crippen LogP contribution in [0, 0.1) is 5.92 Å². The molecule has 1 saturated heterocycles. The van der Waals surface area contributed by atoms with Crippen LogP contribution in [-0.4, -0.2) is 79.9 Å². The van der Waals surface area contributed by atoms with Crippen molar-refractivity contribution in [3.63, 3.8) is 0 Å². The monoisotopic (exact) mass is 533 g/mol. The van der Waals surface area contributed by atoms with E-state index in [1.54, 1.807) is 0 Å². The van der Waals surface area contributed by atoms with E-state index in [9.17, 15) is 0 Å². The van der Waals surface area contributed by atoms with Crippen LogP contribution in [0.4, 0.5) is 0 Å². The third kappa shape index (κ3) is 9.89. The molecule has 2 atom stereocenters. The first-order valence-electron chi connectivity index (χ1n) is 10.7. The standard InChI is InChI=1S/C22H39N5S.HI/c1-6-23-22(24-16-19(4)28-20-10-8-7-9-11-20)25-17-21(18(2)3)27-14-12-26(5)13-15-27;/h7-11,18-19,21H,6,12-17H2,1-5H3,(H2,23,24,25);1H. The van der Waals surface area contributed by atoms with Crippen LogP contribution in [0.5, 0.6) is 0 Å². The van der Waals surface area contributed by atoms with Gasteiger partial charge < -0.3 is 15.5 Å². The fourth-order valence-electron chi connectivity index (χ4n) is 3.44. The van der Waals surface area contributed by atoms with E-state index in [0.717, 1.165) is 51.8 Å². The van der Waals surface area contributed by atoms with Crippen molar-refractivity contribution in [1.82, 2.24) is 20.4 Å². The highest BCUT2D eigenvalue weighted by Crippen LogP contribution is 2.22. The second kappa shape index (κ2) is 14.5. The molecule has 2 rings (SSSR count). The Morgan fingerprint density at radius 1 is 1.07 bits per heavy atom. The summed E-state index contributed by atoms with van der Waals surface area (Å²) in [6.45, 7) is 16.2. The molecule has 166 valence electrons. The molecular formula is C22H40IN5S. The van der Waals surface area contributed by atoms with E-state index in [1.807, 2.05) is 11.8 Å². The van der Waals surface area contributed by atoms with Crippen LogP contribution >= 0.6 is 35.7 Å². The van der Waals surface area contributed by atoms with Crippen LogP contribution in [0.25, 0.3) is 0 Å². The number of thioether (sulfide) groups is 1. The molecule has 0 bridgehead atoms. The van der Waals surface area contributed by atoms with Gasteiger partial charge in [-0.1, -0.05) is 39.0 Å². The van der Waals surface area contributed by atoms with E-state index < -0.39 is 0 Å². The number of benzene rings is 1. The lowest BCUT2D eigenvalue weighted by atomic mass is 10.0. The summed E-state index contributed by atoms with van der Waals surface area (Å²) in [6, 6.07) is 11.1. The molecule has 0 saturated carbocycles. The predicted molar refractivity (Wildman–Crippen MR) is 139 cm³/mol. The Morgan fingerprint density at radius 2 is 1.72 bits per heavy atom. The van der Waals surface area contributed by atoms with Gasteiger partial charge in [0, 0.05) is 55.5 Å². The van der Waals surface area contributed by atoms with Crippen molar-refractivity contribution >= 4 is 41.7 Å². The first-order chi connectivity index (χ1) is 13.5. The van der Waals surface area contributed by atoms with Gasteiger partial charge in [0.2, 0.25) is 0 Å². The van der Waals surface area contributed by atoms with Crippen molar-refractivity contribution in [3.05, 3.63) is 30.3 Å². The summed E-state index contributed by atoms with van der Waals surface area (Å²) in [4.78, 5) is 11.3. The lowest BCUT2D eigenvalue weighted by Crippen LogP contribution is -2.52. The van der Waals surface area contributed by atoms with Crippen molar-refractivity contribution in [2.45, 2.75) is 43.9 Å². The molecule has 2 unspecified atom stereocenters. The van der Waals surface area contributed by atoms with Crippen LogP contribution in [0.15, 0.2) is 40.2 Å². The van der Waals surface area contributed by atoms with Gasteiger partial charge in [-0.3, -0.25) is 9.89 Å². The van der Waals surface area contributed by atoms with E-state index in [2.05, 4.69) is 85.5 Å². The van der Waals surface area contributed by atoms with Crippen molar-refractivity contribution in [2.24, 2.45) is 10.9 Å². The van der Waals surface area contributed by atoms with Gasteiger partial charge in [0.25, 0.3) is 0 Å². The van der Waals surface area contributed by atoms with Crippen LogP contribution in [-0.2, 0) is 0 Å². The fraction of sp³-hybridized carbons (Fsp3) is 0.682. The van der Waals surface area contributed by atoms with Crippen LogP contribution in [0.1, 0.15) is 27.7 Å². The number of hydrogen-bond acceptors (Lipinski definition) is 4. The molecule has 7 heteroatoms. The Balaban J connectivity index is 0.00000420. The van der Waals surface area contributed by atoms with Gasteiger partial charge in [0.15, 0.2) is 5.96 Å². The van der Waals surface area contributed by atoms with Gasteiger partial charge in [-0.05, 0) is 32.0 Å². The molecule has 29 heavy (non-hydrogen) atoms. The molecule has 1 aliphatic heterocycles. The minimum atomic E-state index is 0. The Morgan fingerprint density at radius 3 is 2.31 bits per heavy atom. The zero-order valence-electron chi connectivity index (χ0n) is 18.7. The van der Waals surface area contributed by atoms with Gasteiger partial charge in [0.05, 0.1) is 6.54 Å². The fourth-order valence-corrected chi connectivity index (χ4v) is 4.39. The highest BCUT2D eigenvalue weighted by molar-refractivity contribution is 14.0. The molecule has 1 aromatic carbocycles. The molecule has 1 aliphatic rings. The summed E-state index contributed by atoms with van der Waals surface area (Å²) >= 11 is 1.90. The molecule has 0 aromatic heterocycles. The predicted octanol–water partition coefficient (Wildman–Crippen LogP) is 3.61. The highest BCUT2D eigenvalue weighted by atomic mass is 127.